The number of nitrogen functional groups attached to an aromatic ring is 1. The Kier molecular flexibility index (Phi) is 5.61. The van der Waals surface area contributed by atoms with E-state index in [4.69, 9.17) is 33.7 Å². The summed E-state index contributed by atoms with van der Waals surface area (Å²) in [7, 11) is 0. The molecule has 1 aromatic carbocycles. The molecule has 2 aromatic heterocycles. The zero-order valence-corrected chi connectivity index (χ0v) is 17.2. The first kappa shape index (κ1) is 19.9. The van der Waals surface area contributed by atoms with Gasteiger partial charge in [0.15, 0.2) is 11.6 Å². The molecule has 1 unspecified atom stereocenters. The second kappa shape index (κ2) is 8.16. The summed E-state index contributed by atoms with van der Waals surface area (Å²) in [6, 6.07) is 9.12. The van der Waals surface area contributed by atoms with Gasteiger partial charge in [-0.1, -0.05) is 29.3 Å². The lowest BCUT2D eigenvalue weighted by Crippen LogP contribution is -2.28. The van der Waals surface area contributed by atoms with Crippen LogP contribution in [0.2, 0.25) is 10.0 Å². The Bertz CT molecular complexity index is 1040. The minimum Gasteiger partial charge on any atom is -0.482 e. The summed E-state index contributed by atoms with van der Waals surface area (Å²) in [6.45, 7) is 3.01. The molecule has 4 rings (SSSR count). The van der Waals surface area contributed by atoms with Crippen molar-refractivity contribution < 1.29 is 9.84 Å². The SMILES string of the molecule is C[C@@H](Oc1cc(-c2cnc3c(c2)CNCC3O)cnc1N)c1c(Cl)cccc1Cl. The van der Waals surface area contributed by atoms with Gasteiger partial charge >= 0.3 is 0 Å². The molecule has 3 aromatic rings. The van der Waals surface area contributed by atoms with Crippen molar-refractivity contribution in [1.29, 1.82) is 0 Å². The van der Waals surface area contributed by atoms with Crippen LogP contribution in [0.5, 0.6) is 5.75 Å². The molecule has 150 valence electrons. The molecule has 2 atom stereocenters. The summed E-state index contributed by atoms with van der Waals surface area (Å²) in [5.41, 5.74) is 10.1. The molecular formula is C21H20Cl2N4O2. The average Bonchev–Trinajstić information content (AvgIpc) is 2.69. The third-order valence-corrected chi connectivity index (χ3v) is 5.55. The van der Waals surface area contributed by atoms with Crippen LogP contribution in [0, 0.1) is 0 Å². The van der Waals surface area contributed by atoms with Gasteiger partial charge in [-0.2, -0.15) is 0 Å². The number of rotatable bonds is 4. The smallest absolute Gasteiger partial charge is 0.166 e. The van der Waals surface area contributed by atoms with Gasteiger partial charge in [0.25, 0.3) is 0 Å². The van der Waals surface area contributed by atoms with Crippen LogP contribution in [0.25, 0.3) is 11.1 Å². The standard InChI is InChI=1S/C21H20Cl2N4O2/c1-11(19-15(22)3-2-4-16(19)23)29-18-6-13(9-27-21(18)24)12-5-14-7-25-10-17(28)20(14)26-8-12/h2-6,8-9,11,17,25,28H,7,10H2,1H3,(H2,24,27)/t11-,17?/m1/s1. The highest BCUT2D eigenvalue weighted by atomic mass is 35.5. The van der Waals surface area contributed by atoms with Crippen LogP contribution in [-0.2, 0) is 6.54 Å². The number of halogens is 2. The van der Waals surface area contributed by atoms with Crippen molar-refractivity contribution in [3.63, 3.8) is 0 Å². The van der Waals surface area contributed by atoms with Gasteiger partial charge in [0, 0.05) is 52.2 Å². The number of fused-ring (bicyclic) bond motifs is 1. The number of nitrogens with one attached hydrogen (secondary N) is 1. The van der Waals surface area contributed by atoms with Crippen LogP contribution in [0.3, 0.4) is 0 Å². The highest BCUT2D eigenvalue weighted by molar-refractivity contribution is 6.36. The predicted molar refractivity (Wildman–Crippen MR) is 114 cm³/mol. The van der Waals surface area contributed by atoms with Gasteiger partial charge in [-0.05, 0) is 36.8 Å². The molecule has 0 aliphatic carbocycles. The number of hydrogen-bond donors (Lipinski definition) is 3. The summed E-state index contributed by atoms with van der Waals surface area (Å²) < 4.78 is 6.06. The number of aliphatic hydroxyl groups excluding tert-OH is 1. The fourth-order valence-electron chi connectivity index (χ4n) is 3.42. The number of aliphatic hydroxyl groups is 1. The molecule has 6 nitrogen and oxygen atoms in total. The van der Waals surface area contributed by atoms with Crippen LogP contribution in [-0.4, -0.2) is 21.6 Å². The van der Waals surface area contributed by atoms with Gasteiger partial charge in [0.2, 0.25) is 0 Å². The number of benzene rings is 1. The van der Waals surface area contributed by atoms with Crippen molar-refractivity contribution in [2.45, 2.75) is 25.7 Å². The molecule has 4 N–H and O–H groups in total. The van der Waals surface area contributed by atoms with Crippen molar-refractivity contribution in [2.24, 2.45) is 0 Å². The van der Waals surface area contributed by atoms with Crippen LogP contribution < -0.4 is 15.8 Å². The Morgan fingerprint density at radius 1 is 1.17 bits per heavy atom. The maximum atomic E-state index is 10.1. The van der Waals surface area contributed by atoms with Gasteiger partial charge in [-0.3, -0.25) is 4.98 Å². The molecule has 0 saturated carbocycles. The zero-order chi connectivity index (χ0) is 20.5. The zero-order valence-electron chi connectivity index (χ0n) is 15.7. The van der Waals surface area contributed by atoms with Crippen molar-refractivity contribution in [1.82, 2.24) is 15.3 Å². The lowest BCUT2D eigenvalue weighted by Gasteiger charge is -2.22. The first-order valence-corrected chi connectivity index (χ1v) is 9.93. The van der Waals surface area contributed by atoms with E-state index in [0.717, 1.165) is 16.7 Å². The Labute approximate surface area is 178 Å². The number of aromatic nitrogens is 2. The lowest BCUT2D eigenvalue weighted by molar-refractivity contribution is 0.160. The van der Waals surface area contributed by atoms with Crippen molar-refractivity contribution in [3.8, 4) is 16.9 Å². The molecular weight excluding hydrogens is 411 g/mol. The summed E-state index contributed by atoms with van der Waals surface area (Å²) in [6.07, 6.45) is 2.37. The van der Waals surface area contributed by atoms with E-state index in [1.165, 1.54) is 0 Å². The van der Waals surface area contributed by atoms with Crippen LogP contribution in [0.4, 0.5) is 5.82 Å². The normalized spacial score (nSPS) is 16.9. The fourth-order valence-corrected chi connectivity index (χ4v) is 4.12. The second-order valence-electron chi connectivity index (χ2n) is 6.92. The van der Waals surface area contributed by atoms with E-state index in [1.807, 2.05) is 19.1 Å². The van der Waals surface area contributed by atoms with E-state index < -0.39 is 12.2 Å². The van der Waals surface area contributed by atoms with Gasteiger partial charge in [0.1, 0.15) is 12.2 Å². The first-order chi connectivity index (χ1) is 13.9. The Morgan fingerprint density at radius 3 is 2.62 bits per heavy atom. The maximum absolute atomic E-state index is 10.1. The number of nitrogens with two attached hydrogens (primary N) is 1. The first-order valence-electron chi connectivity index (χ1n) is 9.18. The van der Waals surface area contributed by atoms with Crippen molar-refractivity contribution in [3.05, 3.63) is 69.6 Å². The Morgan fingerprint density at radius 2 is 1.86 bits per heavy atom. The number of pyridine rings is 2. The monoisotopic (exact) mass is 430 g/mol. The third kappa shape index (κ3) is 4.02. The van der Waals surface area contributed by atoms with Crippen molar-refractivity contribution in [2.75, 3.05) is 12.3 Å². The molecule has 0 radical (unpaired) electrons. The number of β-amino-alcohol motifs (C(OH)–C–C–N with tert-alkyl or cyclic N) is 1. The summed E-state index contributed by atoms with van der Waals surface area (Å²) >= 11 is 12.6. The predicted octanol–water partition coefficient (Wildman–Crippen LogP) is 4.31. The number of nitrogens with zero attached hydrogens (tertiary/aromatic N) is 2. The van der Waals surface area contributed by atoms with E-state index >= 15 is 0 Å². The van der Waals surface area contributed by atoms with E-state index in [9.17, 15) is 5.11 Å². The van der Waals surface area contributed by atoms with Gasteiger partial charge in [-0.15, -0.1) is 0 Å². The summed E-state index contributed by atoms with van der Waals surface area (Å²) in [4.78, 5) is 8.70. The van der Waals surface area contributed by atoms with Crippen LogP contribution >= 0.6 is 23.2 Å². The number of anilines is 1. The molecule has 1 aliphatic rings. The van der Waals surface area contributed by atoms with Crippen LogP contribution in [0.1, 0.15) is 36.0 Å². The summed E-state index contributed by atoms with van der Waals surface area (Å²) in [5, 5.41) is 14.3. The largest absolute Gasteiger partial charge is 0.482 e. The van der Waals surface area contributed by atoms with Crippen molar-refractivity contribution >= 4 is 29.0 Å². The molecule has 0 amide bonds. The molecule has 0 spiro atoms. The second-order valence-corrected chi connectivity index (χ2v) is 7.73. The molecule has 8 heteroatoms. The maximum Gasteiger partial charge on any atom is 0.166 e. The van der Waals surface area contributed by atoms with Gasteiger partial charge < -0.3 is 20.9 Å². The fraction of sp³-hybridized carbons (Fsp3) is 0.238. The molecule has 3 heterocycles. The van der Waals surface area contributed by atoms with E-state index in [1.54, 1.807) is 30.6 Å². The highest BCUT2D eigenvalue weighted by Crippen LogP contribution is 2.36. The highest BCUT2D eigenvalue weighted by Gasteiger charge is 2.20. The lowest BCUT2D eigenvalue weighted by atomic mass is 10.0. The third-order valence-electron chi connectivity index (χ3n) is 4.90. The van der Waals surface area contributed by atoms with E-state index in [0.29, 0.717) is 40.1 Å². The number of hydrogen-bond acceptors (Lipinski definition) is 6. The van der Waals surface area contributed by atoms with Gasteiger partial charge in [0.05, 0.1) is 5.69 Å². The van der Waals surface area contributed by atoms with E-state index in [2.05, 4.69) is 15.3 Å². The molecule has 29 heavy (non-hydrogen) atoms. The Balaban J connectivity index is 1.65. The number of ether oxygens (including phenoxy) is 1. The topological polar surface area (TPSA) is 93.3 Å². The van der Waals surface area contributed by atoms with Crippen LogP contribution in [0.15, 0.2) is 42.7 Å². The summed E-state index contributed by atoms with van der Waals surface area (Å²) in [5.74, 6) is 0.702. The molecule has 0 saturated heterocycles. The molecule has 0 fully saturated rings. The average molecular weight is 431 g/mol. The quantitative estimate of drug-likeness (QED) is 0.570. The minimum atomic E-state index is -0.600. The minimum absolute atomic E-state index is 0.270. The van der Waals surface area contributed by atoms with E-state index in [-0.39, 0.29) is 5.82 Å². The van der Waals surface area contributed by atoms with Gasteiger partial charge in [-0.25, -0.2) is 4.98 Å². The molecule has 1 aliphatic heterocycles. The molecule has 0 bridgehead atoms. The Hall–Kier alpha value is -2.38.